The van der Waals surface area contributed by atoms with Gasteiger partial charge in [-0.25, -0.2) is 9.48 Å². The highest BCUT2D eigenvalue weighted by Gasteiger charge is 2.36. The number of anilines is 1. The fourth-order valence-electron chi connectivity index (χ4n) is 3.76. The summed E-state index contributed by atoms with van der Waals surface area (Å²) in [6.45, 7) is 6.42. The van der Waals surface area contributed by atoms with Crippen LogP contribution >= 0.6 is 27.7 Å². The molecule has 3 aromatic rings. The molecule has 0 saturated heterocycles. The summed E-state index contributed by atoms with van der Waals surface area (Å²) in [7, 11) is 1.38. The zero-order chi connectivity index (χ0) is 24.2. The number of hydrogen-bond acceptors (Lipinski definition) is 7. The van der Waals surface area contributed by atoms with E-state index in [4.69, 9.17) is 14.6 Å². The minimum absolute atomic E-state index is 0.401. The van der Waals surface area contributed by atoms with Gasteiger partial charge in [0, 0.05) is 21.5 Å². The van der Waals surface area contributed by atoms with E-state index in [2.05, 4.69) is 64.3 Å². The number of hydrogen-bond donors (Lipinski definition) is 1. The van der Waals surface area contributed by atoms with Crippen LogP contribution in [0.5, 0.6) is 5.75 Å². The molecular weight excluding hydrogens is 516 g/mol. The largest absolute Gasteiger partial charge is 0.489 e. The van der Waals surface area contributed by atoms with Gasteiger partial charge in [0.2, 0.25) is 11.1 Å². The topological polar surface area (TPSA) is 78.3 Å². The van der Waals surface area contributed by atoms with Crippen LogP contribution in [0.4, 0.5) is 5.95 Å². The average molecular weight is 543 g/mol. The highest BCUT2D eigenvalue weighted by Crippen LogP contribution is 2.41. The molecule has 0 radical (unpaired) electrons. The Morgan fingerprint density at radius 3 is 2.68 bits per heavy atom. The Morgan fingerprint density at radius 2 is 1.97 bits per heavy atom. The first-order chi connectivity index (χ1) is 16.4. The molecule has 0 amide bonds. The van der Waals surface area contributed by atoms with E-state index in [1.807, 2.05) is 25.1 Å². The fourth-order valence-corrected chi connectivity index (χ4v) is 4.82. The molecule has 1 aliphatic heterocycles. The van der Waals surface area contributed by atoms with Gasteiger partial charge in [0.05, 0.1) is 12.7 Å². The summed E-state index contributed by atoms with van der Waals surface area (Å²) >= 11 is 5.17. The van der Waals surface area contributed by atoms with Crippen molar-refractivity contribution in [2.24, 2.45) is 0 Å². The Bertz CT molecular complexity index is 1220. The highest BCUT2D eigenvalue weighted by atomic mass is 79.9. The van der Waals surface area contributed by atoms with E-state index in [-0.39, 0.29) is 0 Å². The quantitative estimate of drug-likeness (QED) is 0.280. The zero-order valence-electron chi connectivity index (χ0n) is 19.6. The number of halogens is 1. The van der Waals surface area contributed by atoms with E-state index in [9.17, 15) is 4.79 Å². The van der Waals surface area contributed by atoms with Gasteiger partial charge < -0.3 is 14.8 Å². The molecule has 0 aliphatic carbocycles. The predicted octanol–water partition coefficient (Wildman–Crippen LogP) is 5.89. The molecule has 34 heavy (non-hydrogen) atoms. The number of nitrogens with zero attached hydrogens (tertiary/aromatic N) is 3. The molecule has 7 nitrogen and oxygen atoms in total. The summed E-state index contributed by atoms with van der Waals surface area (Å²) in [4.78, 5) is 17.6. The van der Waals surface area contributed by atoms with Gasteiger partial charge in [-0.2, -0.15) is 4.98 Å². The summed E-state index contributed by atoms with van der Waals surface area (Å²) < 4.78 is 14.0. The second kappa shape index (κ2) is 10.7. The Morgan fingerprint density at radius 1 is 1.21 bits per heavy atom. The summed E-state index contributed by atoms with van der Waals surface area (Å²) in [6.07, 6.45) is 1.01. The second-order valence-corrected chi connectivity index (χ2v) is 10.0. The molecule has 1 aromatic heterocycles. The van der Waals surface area contributed by atoms with Crippen molar-refractivity contribution in [1.82, 2.24) is 14.8 Å². The van der Waals surface area contributed by atoms with E-state index in [0.29, 0.717) is 34.7 Å². The highest BCUT2D eigenvalue weighted by molar-refractivity contribution is 9.10. The van der Waals surface area contributed by atoms with Gasteiger partial charge in [-0.05, 0) is 44.0 Å². The van der Waals surface area contributed by atoms with Gasteiger partial charge in [-0.3, -0.25) is 0 Å². The number of benzene rings is 2. The monoisotopic (exact) mass is 542 g/mol. The maximum absolute atomic E-state index is 12.9. The van der Waals surface area contributed by atoms with E-state index >= 15 is 0 Å². The molecule has 1 unspecified atom stereocenters. The Balaban J connectivity index is 1.78. The number of nitrogens with one attached hydrogen (secondary N) is 1. The molecule has 1 aliphatic rings. The van der Waals surface area contributed by atoms with E-state index in [0.717, 1.165) is 27.8 Å². The lowest BCUT2D eigenvalue weighted by atomic mass is 9.95. The third kappa shape index (κ3) is 5.15. The lowest BCUT2D eigenvalue weighted by molar-refractivity contribution is -0.136. The molecule has 178 valence electrons. The molecule has 4 rings (SSSR count). The smallest absolute Gasteiger partial charge is 0.338 e. The lowest BCUT2D eigenvalue weighted by Gasteiger charge is -2.29. The van der Waals surface area contributed by atoms with E-state index in [1.165, 1.54) is 12.7 Å². The summed E-state index contributed by atoms with van der Waals surface area (Å²) in [5, 5.41) is 8.62. The maximum Gasteiger partial charge on any atom is 0.338 e. The van der Waals surface area contributed by atoms with Crippen LogP contribution in [-0.2, 0) is 16.1 Å². The predicted molar refractivity (Wildman–Crippen MR) is 137 cm³/mol. The number of rotatable bonds is 8. The lowest BCUT2D eigenvalue weighted by Crippen LogP contribution is -2.29. The maximum atomic E-state index is 12.9. The van der Waals surface area contributed by atoms with Crippen molar-refractivity contribution in [3.8, 4) is 5.75 Å². The Kier molecular flexibility index (Phi) is 7.63. The summed E-state index contributed by atoms with van der Waals surface area (Å²) in [5.41, 5.74) is 4.19. The van der Waals surface area contributed by atoms with Crippen molar-refractivity contribution in [3.63, 3.8) is 0 Å². The number of methoxy groups -OCH3 is 1. The van der Waals surface area contributed by atoms with Crippen molar-refractivity contribution in [3.05, 3.63) is 74.9 Å². The molecule has 0 fully saturated rings. The zero-order valence-corrected chi connectivity index (χ0v) is 22.0. The molecule has 1 N–H and O–H groups in total. The van der Waals surface area contributed by atoms with Crippen molar-refractivity contribution < 1.29 is 14.3 Å². The van der Waals surface area contributed by atoms with Crippen molar-refractivity contribution in [2.45, 2.75) is 45.0 Å². The summed E-state index contributed by atoms with van der Waals surface area (Å²) in [5.74, 6) is 1.72. The molecule has 9 heteroatoms. The number of ether oxygens (including phenoxy) is 2. The van der Waals surface area contributed by atoms with Gasteiger partial charge in [-0.1, -0.05) is 64.4 Å². The number of carbonyl (C=O) groups is 1. The van der Waals surface area contributed by atoms with Crippen LogP contribution in [0.15, 0.2) is 63.4 Å². The SMILES string of the molecule is CCCSc1nc2n(n1)C(c1cc(Br)ccc1OCc1ccc(C)cc1)C(C(=O)OC)=C(C)N2. The van der Waals surface area contributed by atoms with Crippen molar-refractivity contribution in [2.75, 3.05) is 18.2 Å². The number of allylic oxidation sites excluding steroid dienone is 1. The Labute approximate surface area is 212 Å². The van der Waals surface area contributed by atoms with Crippen LogP contribution in [0.1, 0.15) is 43.0 Å². The standard InChI is InChI=1S/C25H27BrN4O3S/c1-5-12-34-25-28-24-27-16(3)21(23(31)32-4)22(30(24)29-25)19-13-18(26)10-11-20(19)33-14-17-8-6-15(2)7-9-17/h6-11,13,22H,5,12,14H2,1-4H3,(H,27,28,29). The van der Waals surface area contributed by atoms with E-state index < -0.39 is 12.0 Å². The molecule has 1 atom stereocenters. The molecule has 0 spiro atoms. The van der Waals surface area contributed by atoms with Crippen LogP contribution in [0, 0.1) is 6.92 Å². The van der Waals surface area contributed by atoms with Crippen LogP contribution in [-0.4, -0.2) is 33.6 Å². The van der Waals surface area contributed by atoms with Crippen LogP contribution in [0.25, 0.3) is 0 Å². The van der Waals surface area contributed by atoms with Gasteiger partial charge in [-0.15, -0.1) is 5.10 Å². The molecule has 2 aromatic carbocycles. The normalized spacial score (nSPS) is 15.0. The van der Waals surface area contributed by atoms with Gasteiger partial charge >= 0.3 is 5.97 Å². The molecule has 0 saturated carbocycles. The third-order valence-electron chi connectivity index (χ3n) is 5.46. The number of thioether (sulfide) groups is 1. The molecular formula is C25H27BrN4O3S. The van der Waals surface area contributed by atoms with Crippen molar-refractivity contribution >= 4 is 39.6 Å². The minimum atomic E-state index is -0.558. The molecule has 2 heterocycles. The van der Waals surface area contributed by atoms with Crippen LogP contribution in [0.2, 0.25) is 0 Å². The van der Waals surface area contributed by atoms with E-state index in [1.54, 1.807) is 16.4 Å². The minimum Gasteiger partial charge on any atom is -0.489 e. The third-order valence-corrected chi connectivity index (χ3v) is 6.99. The first-order valence-corrected chi connectivity index (χ1v) is 12.8. The number of aryl methyl sites for hydroxylation is 1. The van der Waals surface area contributed by atoms with Crippen LogP contribution < -0.4 is 10.1 Å². The second-order valence-electron chi connectivity index (χ2n) is 8.03. The summed E-state index contributed by atoms with van der Waals surface area (Å²) in [6, 6.07) is 13.5. The van der Waals surface area contributed by atoms with Gasteiger partial charge in [0.1, 0.15) is 18.4 Å². The number of carbonyl (C=O) groups excluding carboxylic acids is 1. The van der Waals surface area contributed by atoms with Crippen molar-refractivity contribution in [1.29, 1.82) is 0 Å². The Hall–Kier alpha value is -2.78. The van der Waals surface area contributed by atoms with Crippen LogP contribution in [0.3, 0.4) is 0 Å². The van der Waals surface area contributed by atoms with Gasteiger partial charge in [0.25, 0.3) is 0 Å². The first-order valence-electron chi connectivity index (χ1n) is 11.0. The fraction of sp³-hybridized carbons (Fsp3) is 0.320. The average Bonchev–Trinajstić information content (AvgIpc) is 3.23. The van der Waals surface area contributed by atoms with Gasteiger partial charge in [0.15, 0.2) is 0 Å². The first kappa shape index (κ1) is 24.3. The number of esters is 1. The number of fused-ring (bicyclic) bond motifs is 1. The molecule has 0 bridgehead atoms. The number of aromatic nitrogens is 3.